The van der Waals surface area contributed by atoms with Gasteiger partial charge in [0.15, 0.2) is 0 Å². The lowest BCUT2D eigenvalue weighted by Crippen LogP contribution is -2.44. The molecule has 0 amide bonds. The van der Waals surface area contributed by atoms with Crippen LogP contribution in [0.1, 0.15) is 85.0 Å². The van der Waals surface area contributed by atoms with E-state index in [0.717, 1.165) is 44.7 Å². The number of ether oxygens (including phenoxy) is 1. The normalized spacial score (nSPS) is 26.9. The van der Waals surface area contributed by atoms with Crippen molar-refractivity contribution in [2.24, 2.45) is 17.8 Å². The molecule has 134 valence electrons. The van der Waals surface area contributed by atoms with Gasteiger partial charge in [0.25, 0.3) is 0 Å². The molecular weight excluding hydrogens is 286 g/mol. The van der Waals surface area contributed by atoms with Crippen LogP contribution in [0.3, 0.4) is 0 Å². The Bertz CT molecular complexity index is 353. The van der Waals surface area contributed by atoms with E-state index >= 15 is 0 Å². The summed E-state index contributed by atoms with van der Waals surface area (Å²) in [4.78, 5) is 12.6. The van der Waals surface area contributed by atoms with Crippen LogP contribution in [0.25, 0.3) is 0 Å². The van der Waals surface area contributed by atoms with Crippen molar-refractivity contribution in [3.05, 3.63) is 0 Å². The first-order valence-electron chi connectivity index (χ1n) is 9.96. The quantitative estimate of drug-likeness (QED) is 0.545. The summed E-state index contributed by atoms with van der Waals surface area (Å²) >= 11 is 0. The first-order chi connectivity index (χ1) is 11.0. The predicted molar refractivity (Wildman–Crippen MR) is 95.4 cm³/mol. The maximum absolute atomic E-state index is 12.6. The maximum atomic E-state index is 12.6. The van der Waals surface area contributed by atoms with E-state index in [1.54, 1.807) is 0 Å². The third-order valence-corrected chi connectivity index (χ3v) is 6.08. The van der Waals surface area contributed by atoms with Crippen LogP contribution in [0.15, 0.2) is 0 Å². The second-order valence-electron chi connectivity index (χ2n) is 8.26. The molecule has 0 aromatic rings. The van der Waals surface area contributed by atoms with Gasteiger partial charge in [0.1, 0.15) is 5.60 Å². The number of hydrogen-bond acceptors (Lipinski definition) is 3. The molecule has 1 saturated heterocycles. The maximum Gasteiger partial charge on any atom is 0.309 e. The van der Waals surface area contributed by atoms with Gasteiger partial charge in [0, 0.05) is 5.92 Å². The fraction of sp³-hybridized carbons (Fsp3) is 0.950. The molecular formula is C20H37NO2. The molecule has 0 radical (unpaired) electrons. The molecule has 0 aromatic carbocycles. The molecule has 2 aliphatic rings. The fourth-order valence-electron chi connectivity index (χ4n) is 4.31. The standard InChI is InChI=1S/C20H37NO2/c1-4-5-6-7-16-8-10-17(11-9-16)19(22)23-20(2,3)18-12-14-21-15-13-18/h16-18,21H,4-15H2,1-3H3. The van der Waals surface area contributed by atoms with Crippen LogP contribution in [-0.4, -0.2) is 24.7 Å². The Hall–Kier alpha value is -0.570. The zero-order valence-corrected chi connectivity index (χ0v) is 15.5. The molecule has 1 aliphatic heterocycles. The van der Waals surface area contributed by atoms with Crippen LogP contribution in [-0.2, 0) is 9.53 Å². The van der Waals surface area contributed by atoms with Crippen molar-refractivity contribution in [3.8, 4) is 0 Å². The number of unbranched alkanes of at least 4 members (excludes halogenated alkanes) is 2. The van der Waals surface area contributed by atoms with E-state index in [4.69, 9.17) is 4.74 Å². The van der Waals surface area contributed by atoms with Crippen molar-refractivity contribution in [3.63, 3.8) is 0 Å². The number of nitrogens with one attached hydrogen (secondary N) is 1. The number of rotatable bonds is 7. The van der Waals surface area contributed by atoms with Gasteiger partial charge < -0.3 is 10.1 Å². The monoisotopic (exact) mass is 323 g/mol. The largest absolute Gasteiger partial charge is 0.459 e. The Morgan fingerprint density at radius 2 is 1.70 bits per heavy atom. The highest BCUT2D eigenvalue weighted by molar-refractivity contribution is 5.73. The average Bonchev–Trinajstić information content (AvgIpc) is 2.56. The Labute approximate surface area is 142 Å². The highest BCUT2D eigenvalue weighted by Gasteiger charge is 2.36. The van der Waals surface area contributed by atoms with Gasteiger partial charge in [-0.05, 0) is 71.4 Å². The first-order valence-corrected chi connectivity index (χ1v) is 9.96. The molecule has 0 atom stereocenters. The number of hydrogen-bond donors (Lipinski definition) is 1. The van der Waals surface area contributed by atoms with Crippen LogP contribution in [0.2, 0.25) is 0 Å². The molecule has 3 heteroatoms. The lowest BCUT2D eigenvalue weighted by molar-refractivity contribution is -0.169. The lowest BCUT2D eigenvalue weighted by Gasteiger charge is -2.38. The Morgan fingerprint density at radius 1 is 1.04 bits per heavy atom. The first kappa shape index (κ1) is 18.8. The summed E-state index contributed by atoms with van der Waals surface area (Å²) in [6.45, 7) is 8.58. The Morgan fingerprint density at radius 3 is 2.30 bits per heavy atom. The minimum atomic E-state index is -0.308. The summed E-state index contributed by atoms with van der Waals surface area (Å²) in [6.07, 6.45) is 12.1. The van der Waals surface area contributed by atoms with E-state index in [1.807, 2.05) is 0 Å². The summed E-state index contributed by atoms with van der Waals surface area (Å²) in [5.41, 5.74) is -0.308. The zero-order valence-electron chi connectivity index (χ0n) is 15.5. The molecule has 0 aromatic heterocycles. The zero-order chi connectivity index (χ0) is 16.7. The summed E-state index contributed by atoms with van der Waals surface area (Å²) in [6, 6.07) is 0. The smallest absolute Gasteiger partial charge is 0.309 e. The summed E-state index contributed by atoms with van der Waals surface area (Å²) in [5.74, 6) is 1.57. The van der Waals surface area contributed by atoms with Gasteiger partial charge in [-0.15, -0.1) is 0 Å². The highest BCUT2D eigenvalue weighted by Crippen LogP contribution is 2.35. The van der Waals surface area contributed by atoms with Gasteiger partial charge in [0.2, 0.25) is 0 Å². The number of esters is 1. The fourth-order valence-corrected chi connectivity index (χ4v) is 4.31. The highest BCUT2D eigenvalue weighted by atomic mass is 16.6. The molecule has 2 rings (SSSR count). The molecule has 2 fully saturated rings. The predicted octanol–water partition coefficient (Wildman–Crippen LogP) is 4.69. The summed E-state index contributed by atoms with van der Waals surface area (Å²) in [5, 5.41) is 3.39. The molecule has 0 unspecified atom stereocenters. The van der Waals surface area contributed by atoms with Crippen LogP contribution in [0.5, 0.6) is 0 Å². The molecule has 3 nitrogen and oxygen atoms in total. The van der Waals surface area contributed by atoms with Gasteiger partial charge in [0.05, 0.1) is 5.92 Å². The van der Waals surface area contributed by atoms with Crippen LogP contribution in [0, 0.1) is 17.8 Å². The van der Waals surface area contributed by atoms with E-state index in [1.165, 1.54) is 38.5 Å². The van der Waals surface area contributed by atoms with Gasteiger partial charge in [-0.3, -0.25) is 4.79 Å². The molecule has 23 heavy (non-hydrogen) atoms. The van der Waals surface area contributed by atoms with Crippen molar-refractivity contribution in [1.82, 2.24) is 5.32 Å². The molecule has 1 saturated carbocycles. The van der Waals surface area contributed by atoms with Gasteiger partial charge >= 0.3 is 5.97 Å². The van der Waals surface area contributed by atoms with Crippen molar-refractivity contribution < 1.29 is 9.53 Å². The SMILES string of the molecule is CCCCCC1CCC(C(=O)OC(C)(C)C2CCNCC2)CC1. The van der Waals surface area contributed by atoms with Crippen molar-refractivity contribution >= 4 is 5.97 Å². The Balaban J connectivity index is 1.73. The number of carbonyl (C=O) groups excluding carboxylic acids is 1. The topological polar surface area (TPSA) is 38.3 Å². The van der Waals surface area contributed by atoms with Crippen molar-refractivity contribution in [1.29, 1.82) is 0 Å². The third-order valence-electron chi connectivity index (χ3n) is 6.08. The molecule has 1 heterocycles. The van der Waals surface area contributed by atoms with Crippen molar-refractivity contribution in [2.75, 3.05) is 13.1 Å². The molecule has 0 bridgehead atoms. The molecule has 1 aliphatic carbocycles. The number of piperidine rings is 1. The van der Waals surface area contributed by atoms with Crippen LogP contribution < -0.4 is 5.32 Å². The Kier molecular flexibility index (Phi) is 7.39. The van der Waals surface area contributed by atoms with E-state index in [9.17, 15) is 4.79 Å². The van der Waals surface area contributed by atoms with Crippen LogP contribution >= 0.6 is 0 Å². The van der Waals surface area contributed by atoms with E-state index in [0.29, 0.717) is 5.92 Å². The third kappa shape index (κ3) is 5.77. The lowest BCUT2D eigenvalue weighted by atomic mass is 9.79. The number of carbonyl (C=O) groups is 1. The average molecular weight is 324 g/mol. The van der Waals surface area contributed by atoms with Gasteiger partial charge in [-0.1, -0.05) is 32.6 Å². The molecule has 1 N–H and O–H groups in total. The summed E-state index contributed by atoms with van der Waals surface area (Å²) < 4.78 is 5.98. The van der Waals surface area contributed by atoms with E-state index in [-0.39, 0.29) is 17.5 Å². The van der Waals surface area contributed by atoms with Gasteiger partial charge in [-0.25, -0.2) is 0 Å². The minimum Gasteiger partial charge on any atom is -0.459 e. The van der Waals surface area contributed by atoms with Crippen molar-refractivity contribution in [2.45, 2.75) is 90.6 Å². The van der Waals surface area contributed by atoms with E-state index in [2.05, 4.69) is 26.1 Å². The minimum absolute atomic E-state index is 0.0699. The van der Waals surface area contributed by atoms with Crippen LogP contribution in [0.4, 0.5) is 0 Å². The second kappa shape index (κ2) is 9.05. The summed E-state index contributed by atoms with van der Waals surface area (Å²) in [7, 11) is 0. The van der Waals surface area contributed by atoms with Gasteiger partial charge in [-0.2, -0.15) is 0 Å². The van der Waals surface area contributed by atoms with E-state index < -0.39 is 0 Å². The second-order valence-corrected chi connectivity index (χ2v) is 8.26. The molecule has 0 spiro atoms.